The number of imidazole rings is 1. The highest BCUT2D eigenvalue weighted by atomic mass is 16.5. The first kappa shape index (κ1) is 33.4. The minimum absolute atomic E-state index is 0.110. The van der Waals surface area contributed by atoms with E-state index in [0.717, 1.165) is 12.8 Å². The number of fused-ring (bicyclic) bond motifs is 1. The number of carbonyl (C=O) groups excluding carboxylic acids is 3. The van der Waals surface area contributed by atoms with Crippen molar-refractivity contribution in [3.63, 3.8) is 0 Å². The minimum atomic E-state index is -0.721. The average Bonchev–Trinajstić information content (AvgIpc) is 3.70. The molecule has 17 heteroatoms. The van der Waals surface area contributed by atoms with Gasteiger partial charge in [0.05, 0.1) is 71.5 Å². The Bertz CT molecular complexity index is 1510. The summed E-state index contributed by atoms with van der Waals surface area (Å²) in [4.78, 5) is 58.7. The van der Waals surface area contributed by atoms with Gasteiger partial charge in [-0.3, -0.25) is 19.0 Å². The number of nitrogens with two attached hydrogens (primary N) is 1. The number of hydrogen-bond acceptors (Lipinski definition) is 13. The molecule has 3 aromatic heterocycles. The van der Waals surface area contributed by atoms with Crippen molar-refractivity contribution in [1.82, 2.24) is 39.8 Å². The fourth-order valence-electron chi connectivity index (χ4n) is 4.38. The molecule has 1 aliphatic carbocycles. The molecule has 0 unspecified atom stereocenters. The molecule has 0 atom stereocenters. The minimum Gasteiger partial charge on any atom is -0.463 e. The lowest BCUT2D eigenvalue weighted by atomic mass is 9.99. The fraction of sp³-hybridized carbons (Fsp3) is 0.571. The maximum absolute atomic E-state index is 12.6. The van der Waals surface area contributed by atoms with Crippen molar-refractivity contribution < 1.29 is 33.3 Å². The van der Waals surface area contributed by atoms with Gasteiger partial charge in [0, 0.05) is 13.0 Å². The number of ketones is 2. The van der Waals surface area contributed by atoms with Gasteiger partial charge in [-0.25, -0.2) is 9.48 Å². The van der Waals surface area contributed by atoms with E-state index in [4.69, 9.17) is 24.7 Å². The first-order valence-electron chi connectivity index (χ1n) is 14.9. The lowest BCUT2D eigenvalue weighted by Crippen LogP contribution is -2.28. The Labute approximate surface area is 258 Å². The number of aromatic amines is 1. The zero-order chi connectivity index (χ0) is 32.0. The van der Waals surface area contributed by atoms with Gasteiger partial charge in [-0.2, -0.15) is 9.97 Å². The van der Waals surface area contributed by atoms with E-state index >= 15 is 0 Å². The zero-order valence-electron chi connectivity index (χ0n) is 25.2. The highest BCUT2D eigenvalue weighted by molar-refractivity contribution is 6.18. The van der Waals surface area contributed by atoms with Crippen LogP contribution in [0, 0.1) is 5.92 Å². The molecule has 0 bridgehead atoms. The standard InChI is InChI=1S/C28H39N9O8/c1-2-3-10-45-27-32-25(29)24-26(33-27)37(28(41)31-24)18-19-17-36(35-34-19)9-12-43-14-16-44-15-13-42-11-8-30-23(40)7-4-20-21(38)5-6-22(20)39/h5-6,17,20H,2-4,7-16,18H2,1H3,(H,30,40)(H,31,41)(H2,29,32,33). The van der Waals surface area contributed by atoms with Gasteiger partial charge in [-0.05, 0) is 25.0 Å². The van der Waals surface area contributed by atoms with Crippen molar-refractivity contribution in [2.24, 2.45) is 5.92 Å². The molecule has 1 aliphatic rings. The molecule has 17 nitrogen and oxygen atoms in total. The predicted octanol–water partition coefficient (Wildman–Crippen LogP) is -0.209. The van der Waals surface area contributed by atoms with E-state index in [1.807, 2.05) is 6.92 Å². The summed E-state index contributed by atoms with van der Waals surface area (Å²) in [6, 6.07) is 0.115. The molecule has 0 saturated carbocycles. The quantitative estimate of drug-likeness (QED) is 0.103. The summed E-state index contributed by atoms with van der Waals surface area (Å²) in [7, 11) is 0. The Morgan fingerprint density at radius 2 is 1.71 bits per heavy atom. The van der Waals surface area contributed by atoms with Gasteiger partial charge < -0.3 is 35.0 Å². The van der Waals surface area contributed by atoms with Crippen molar-refractivity contribution in [3.8, 4) is 6.01 Å². The summed E-state index contributed by atoms with van der Waals surface area (Å²) in [6.07, 6.45) is 6.37. The van der Waals surface area contributed by atoms with Crippen LogP contribution in [0.4, 0.5) is 5.82 Å². The molecule has 0 aromatic carbocycles. The lowest BCUT2D eigenvalue weighted by Gasteiger charge is -2.09. The van der Waals surface area contributed by atoms with E-state index in [1.165, 1.54) is 16.7 Å². The summed E-state index contributed by atoms with van der Waals surface area (Å²) in [5.74, 6) is -1.30. The topological polar surface area (TPSA) is 220 Å². The van der Waals surface area contributed by atoms with Crippen molar-refractivity contribution in [1.29, 1.82) is 0 Å². The van der Waals surface area contributed by atoms with E-state index in [0.29, 0.717) is 76.2 Å². The Morgan fingerprint density at radius 1 is 1.00 bits per heavy atom. The van der Waals surface area contributed by atoms with Gasteiger partial charge in [-0.15, -0.1) is 5.10 Å². The number of anilines is 1. The molecular formula is C28H39N9O8. The summed E-state index contributed by atoms with van der Waals surface area (Å²) in [5, 5.41) is 10.9. The Kier molecular flexibility index (Phi) is 12.7. The van der Waals surface area contributed by atoms with Gasteiger partial charge >= 0.3 is 11.7 Å². The first-order valence-corrected chi connectivity index (χ1v) is 14.9. The number of ether oxygens (including phenoxy) is 4. The number of nitrogen functional groups attached to an aromatic ring is 1. The third-order valence-corrected chi connectivity index (χ3v) is 6.80. The molecule has 3 heterocycles. The van der Waals surface area contributed by atoms with Gasteiger partial charge in [0.2, 0.25) is 5.91 Å². The van der Waals surface area contributed by atoms with Crippen LogP contribution in [0.3, 0.4) is 0 Å². The van der Waals surface area contributed by atoms with Crippen LogP contribution in [-0.4, -0.2) is 105 Å². The van der Waals surface area contributed by atoms with Crippen LogP contribution in [0.25, 0.3) is 11.2 Å². The largest absolute Gasteiger partial charge is 0.463 e. The number of nitrogens with one attached hydrogen (secondary N) is 2. The van der Waals surface area contributed by atoms with Gasteiger partial charge in [0.1, 0.15) is 11.2 Å². The Balaban J connectivity index is 1.04. The molecule has 45 heavy (non-hydrogen) atoms. The second-order valence-electron chi connectivity index (χ2n) is 10.2. The second kappa shape index (κ2) is 17.1. The third kappa shape index (κ3) is 10.0. The van der Waals surface area contributed by atoms with Crippen LogP contribution in [0.15, 0.2) is 23.1 Å². The normalized spacial score (nSPS) is 13.4. The van der Waals surface area contributed by atoms with Crippen molar-refractivity contribution in [2.45, 2.75) is 45.7 Å². The lowest BCUT2D eigenvalue weighted by molar-refractivity contribution is -0.126. The van der Waals surface area contributed by atoms with E-state index in [9.17, 15) is 19.2 Å². The summed E-state index contributed by atoms with van der Waals surface area (Å²) in [5.41, 5.74) is 6.84. The van der Waals surface area contributed by atoms with Crippen LogP contribution < -0.4 is 21.5 Å². The van der Waals surface area contributed by atoms with Crippen molar-refractivity contribution >= 4 is 34.5 Å². The maximum Gasteiger partial charge on any atom is 0.328 e. The number of carbonyl (C=O) groups is 3. The van der Waals surface area contributed by atoms with Crippen molar-refractivity contribution in [3.05, 3.63) is 34.5 Å². The van der Waals surface area contributed by atoms with Crippen LogP contribution >= 0.6 is 0 Å². The molecule has 0 fully saturated rings. The molecule has 0 aliphatic heterocycles. The van der Waals surface area contributed by atoms with Gasteiger partial charge in [0.15, 0.2) is 23.0 Å². The van der Waals surface area contributed by atoms with Crippen molar-refractivity contribution in [2.75, 3.05) is 58.5 Å². The first-order chi connectivity index (χ1) is 21.9. The second-order valence-corrected chi connectivity index (χ2v) is 10.2. The van der Waals surface area contributed by atoms with E-state index < -0.39 is 11.6 Å². The highest BCUT2D eigenvalue weighted by Gasteiger charge is 2.28. The molecule has 4 rings (SSSR count). The molecular weight excluding hydrogens is 590 g/mol. The summed E-state index contributed by atoms with van der Waals surface area (Å²) < 4.78 is 25.1. The highest BCUT2D eigenvalue weighted by Crippen LogP contribution is 2.19. The predicted molar refractivity (Wildman–Crippen MR) is 159 cm³/mol. The SMILES string of the molecule is CCCCOc1nc(N)c2[nH]c(=O)n(Cc3cn(CCOCCOCCOCCNC(=O)CCC4C(=O)C=CC4=O)nn3)c2n1. The Hall–Kier alpha value is -4.48. The molecule has 244 valence electrons. The van der Waals surface area contributed by atoms with Crippen LogP contribution in [0.1, 0.15) is 38.3 Å². The molecule has 0 radical (unpaired) electrons. The number of allylic oxidation sites excluding steroid dienone is 2. The summed E-state index contributed by atoms with van der Waals surface area (Å²) in [6.45, 7) is 5.62. The number of H-pyrrole nitrogens is 1. The molecule has 1 amide bonds. The Morgan fingerprint density at radius 3 is 2.44 bits per heavy atom. The van der Waals surface area contributed by atoms with Crippen LogP contribution in [-0.2, 0) is 41.7 Å². The van der Waals surface area contributed by atoms with Gasteiger partial charge in [-0.1, -0.05) is 18.6 Å². The smallest absolute Gasteiger partial charge is 0.328 e. The van der Waals surface area contributed by atoms with E-state index in [1.54, 1.807) is 10.9 Å². The molecule has 0 saturated heterocycles. The maximum atomic E-state index is 12.6. The monoisotopic (exact) mass is 629 g/mol. The van der Waals surface area contributed by atoms with E-state index in [2.05, 4.69) is 30.6 Å². The fourth-order valence-corrected chi connectivity index (χ4v) is 4.38. The number of rotatable bonds is 21. The van der Waals surface area contributed by atoms with Crippen LogP contribution in [0.2, 0.25) is 0 Å². The van der Waals surface area contributed by atoms with Gasteiger partial charge in [0.25, 0.3) is 0 Å². The summed E-state index contributed by atoms with van der Waals surface area (Å²) >= 11 is 0. The average molecular weight is 630 g/mol. The number of aromatic nitrogens is 7. The molecule has 0 spiro atoms. The number of amides is 1. The molecule has 3 aromatic rings. The number of unbranched alkanes of at least 4 members (excludes halogenated alkanes) is 1. The van der Waals surface area contributed by atoms with Crippen LogP contribution in [0.5, 0.6) is 6.01 Å². The number of nitrogens with zero attached hydrogens (tertiary/aromatic N) is 6. The zero-order valence-corrected chi connectivity index (χ0v) is 25.2. The van der Waals surface area contributed by atoms with E-state index in [-0.39, 0.29) is 48.7 Å². The molecule has 4 N–H and O–H groups in total. The number of hydrogen-bond donors (Lipinski definition) is 3. The third-order valence-electron chi connectivity index (χ3n) is 6.80.